The maximum atomic E-state index is 8.79. The Bertz CT molecular complexity index is 429. The van der Waals surface area contributed by atoms with Crippen molar-refractivity contribution < 1.29 is 0 Å². The van der Waals surface area contributed by atoms with Gasteiger partial charge in [-0.1, -0.05) is 13.8 Å². The number of nitrogens with two attached hydrogens (primary N) is 1. The summed E-state index contributed by atoms with van der Waals surface area (Å²) in [5.74, 6) is 0. The SMILES string of the molecule is CC1(C)CC1Nc1cc(C#N)ccc1N. The zero-order chi connectivity index (χ0) is 11.1. The lowest BCUT2D eigenvalue weighted by atomic mass is 10.1. The lowest BCUT2D eigenvalue weighted by molar-refractivity contribution is 0.631. The maximum Gasteiger partial charge on any atom is 0.0992 e. The molecule has 3 N–H and O–H groups in total. The highest BCUT2D eigenvalue weighted by molar-refractivity contribution is 5.69. The monoisotopic (exact) mass is 201 g/mol. The molecule has 0 aromatic heterocycles. The van der Waals surface area contributed by atoms with Gasteiger partial charge in [-0.25, -0.2) is 0 Å². The molecule has 3 nitrogen and oxygen atoms in total. The van der Waals surface area contributed by atoms with E-state index in [9.17, 15) is 0 Å². The maximum absolute atomic E-state index is 8.79. The predicted octanol–water partition coefficient (Wildman–Crippen LogP) is 2.35. The Kier molecular flexibility index (Phi) is 2.08. The Hall–Kier alpha value is -1.69. The standard InChI is InChI=1S/C12H15N3/c1-12(2)6-11(12)15-10-5-8(7-13)3-4-9(10)14/h3-5,11,15H,6,14H2,1-2H3. The van der Waals surface area contributed by atoms with E-state index in [0.717, 1.165) is 12.1 Å². The lowest BCUT2D eigenvalue weighted by Crippen LogP contribution is -2.10. The zero-order valence-electron chi connectivity index (χ0n) is 9.04. The first kappa shape index (κ1) is 9.85. The number of nitriles is 1. The highest BCUT2D eigenvalue weighted by Crippen LogP contribution is 2.47. The molecule has 0 saturated heterocycles. The molecule has 0 radical (unpaired) electrons. The third-order valence-corrected chi connectivity index (χ3v) is 3.03. The highest BCUT2D eigenvalue weighted by Gasteiger charge is 2.45. The number of nitrogens with zero attached hydrogens (tertiary/aromatic N) is 1. The predicted molar refractivity (Wildman–Crippen MR) is 61.4 cm³/mol. The minimum Gasteiger partial charge on any atom is -0.397 e. The molecular formula is C12H15N3. The molecule has 1 aliphatic carbocycles. The van der Waals surface area contributed by atoms with Crippen LogP contribution in [0.4, 0.5) is 11.4 Å². The van der Waals surface area contributed by atoms with E-state index in [4.69, 9.17) is 11.0 Å². The fourth-order valence-electron chi connectivity index (χ4n) is 1.65. The van der Waals surface area contributed by atoms with Gasteiger partial charge in [0.1, 0.15) is 0 Å². The molecule has 78 valence electrons. The minimum atomic E-state index is 0.356. The molecule has 0 heterocycles. The minimum absolute atomic E-state index is 0.356. The van der Waals surface area contributed by atoms with Gasteiger partial charge in [0.25, 0.3) is 0 Å². The van der Waals surface area contributed by atoms with Crippen LogP contribution in [0.3, 0.4) is 0 Å². The second-order valence-corrected chi connectivity index (χ2v) is 4.80. The molecule has 0 bridgehead atoms. The zero-order valence-corrected chi connectivity index (χ0v) is 9.04. The van der Waals surface area contributed by atoms with Crippen molar-refractivity contribution in [3.05, 3.63) is 23.8 Å². The Morgan fingerprint density at radius 3 is 2.73 bits per heavy atom. The normalized spacial score (nSPS) is 21.8. The summed E-state index contributed by atoms with van der Waals surface area (Å²) in [6.45, 7) is 4.43. The molecule has 0 spiro atoms. The average molecular weight is 201 g/mol. The van der Waals surface area contributed by atoms with Crippen molar-refractivity contribution >= 4 is 11.4 Å². The lowest BCUT2D eigenvalue weighted by Gasteiger charge is -2.10. The number of nitrogen functional groups attached to an aromatic ring is 1. The van der Waals surface area contributed by atoms with E-state index >= 15 is 0 Å². The van der Waals surface area contributed by atoms with Gasteiger partial charge >= 0.3 is 0 Å². The van der Waals surface area contributed by atoms with E-state index in [0.29, 0.717) is 22.7 Å². The van der Waals surface area contributed by atoms with Gasteiger partial charge in [0.2, 0.25) is 0 Å². The highest BCUT2D eigenvalue weighted by atomic mass is 15.0. The van der Waals surface area contributed by atoms with Crippen molar-refractivity contribution in [3.63, 3.8) is 0 Å². The molecule has 1 aromatic carbocycles. The molecule has 0 amide bonds. The van der Waals surface area contributed by atoms with Gasteiger partial charge in [-0.2, -0.15) is 5.26 Å². The fourth-order valence-corrected chi connectivity index (χ4v) is 1.65. The largest absolute Gasteiger partial charge is 0.397 e. The van der Waals surface area contributed by atoms with Crippen LogP contribution in [0, 0.1) is 16.7 Å². The van der Waals surface area contributed by atoms with Gasteiger partial charge < -0.3 is 11.1 Å². The summed E-state index contributed by atoms with van der Waals surface area (Å²) in [6.07, 6.45) is 1.16. The summed E-state index contributed by atoms with van der Waals surface area (Å²) in [6, 6.07) is 7.91. The van der Waals surface area contributed by atoms with Crippen molar-refractivity contribution in [2.75, 3.05) is 11.1 Å². The van der Waals surface area contributed by atoms with Gasteiger partial charge in [-0.15, -0.1) is 0 Å². The van der Waals surface area contributed by atoms with Crippen molar-refractivity contribution in [2.24, 2.45) is 5.41 Å². The topological polar surface area (TPSA) is 61.8 Å². The van der Waals surface area contributed by atoms with Gasteiger partial charge in [0.05, 0.1) is 23.0 Å². The second kappa shape index (κ2) is 3.16. The first-order valence-electron chi connectivity index (χ1n) is 5.09. The number of rotatable bonds is 2. The van der Waals surface area contributed by atoms with E-state index in [2.05, 4.69) is 25.2 Å². The van der Waals surface area contributed by atoms with E-state index < -0.39 is 0 Å². The van der Waals surface area contributed by atoms with Crippen LogP contribution in [0.2, 0.25) is 0 Å². The third kappa shape index (κ3) is 1.89. The molecule has 2 rings (SSSR count). The second-order valence-electron chi connectivity index (χ2n) is 4.80. The van der Waals surface area contributed by atoms with Crippen LogP contribution < -0.4 is 11.1 Å². The molecule has 3 heteroatoms. The molecule has 15 heavy (non-hydrogen) atoms. The number of hydrogen-bond donors (Lipinski definition) is 2. The number of anilines is 2. The molecule has 1 saturated carbocycles. The van der Waals surface area contributed by atoms with Crippen molar-refractivity contribution in [3.8, 4) is 6.07 Å². The van der Waals surface area contributed by atoms with Crippen LogP contribution in [-0.2, 0) is 0 Å². The molecular weight excluding hydrogens is 186 g/mol. The molecule has 1 aliphatic rings. The first-order valence-corrected chi connectivity index (χ1v) is 5.09. The van der Waals surface area contributed by atoms with Crippen LogP contribution >= 0.6 is 0 Å². The van der Waals surface area contributed by atoms with Crippen molar-refractivity contribution in [1.82, 2.24) is 0 Å². The average Bonchev–Trinajstić information content (AvgIpc) is 2.78. The van der Waals surface area contributed by atoms with Crippen LogP contribution in [-0.4, -0.2) is 6.04 Å². The smallest absolute Gasteiger partial charge is 0.0992 e. The van der Waals surface area contributed by atoms with Gasteiger partial charge in [0.15, 0.2) is 0 Å². The van der Waals surface area contributed by atoms with E-state index in [1.54, 1.807) is 12.1 Å². The summed E-state index contributed by atoms with van der Waals surface area (Å²) in [7, 11) is 0. The Morgan fingerprint density at radius 1 is 1.53 bits per heavy atom. The van der Waals surface area contributed by atoms with E-state index in [1.807, 2.05) is 6.07 Å². The Labute approximate surface area is 89.9 Å². The van der Waals surface area contributed by atoms with Crippen LogP contribution in [0.25, 0.3) is 0 Å². The van der Waals surface area contributed by atoms with E-state index in [1.165, 1.54) is 0 Å². The fraction of sp³-hybridized carbons (Fsp3) is 0.417. The van der Waals surface area contributed by atoms with Gasteiger partial charge in [0, 0.05) is 6.04 Å². The number of nitrogens with one attached hydrogen (secondary N) is 1. The first-order chi connectivity index (χ1) is 7.03. The van der Waals surface area contributed by atoms with Crippen LogP contribution in [0.15, 0.2) is 18.2 Å². The summed E-state index contributed by atoms with van der Waals surface area (Å²) >= 11 is 0. The molecule has 1 atom stereocenters. The summed E-state index contributed by atoms with van der Waals surface area (Å²) in [5.41, 5.74) is 8.42. The van der Waals surface area contributed by atoms with Crippen LogP contribution in [0.1, 0.15) is 25.8 Å². The van der Waals surface area contributed by atoms with Crippen LogP contribution in [0.5, 0.6) is 0 Å². The summed E-state index contributed by atoms with van der Waals surface area (Å²) in [5, 5.41) is 12.2. The number of hydrogen-bond acceptors (Lipinski definition) is 3. The third-order valence-electron chi connectivity index (χ3n) is 3.03. The van der Waals surface area contributed by atoms with Gasteiger partial charge in [-0.3, -0.25) is 0 Å². The Balaban J connectivity index is 2.18. The van der Waals surface area contributed by atoms with Crippen molar-refractivity contribution in [1.29, 1.82) is 5.26 Å². The van der Waals surface area contributed by atoms with Crippen molar-refractivity contribution in [2.45, 2.75) is 26.3 Å². The van der Waals surface area contributed by atoms with Gasteiger partial charge in [-0.05, 0) is 30.0 Å². The summed E-state index contributed by atoms with van der Waals surface area (Å²) < 4.78 is 0. The quantitative estimate of drug-likeness (QED) is 0.722. The molecule has 0 aliphatic heterocycles. The summed E-state index contributed by atoms with van der Waals surface area (Å²) in [4.78, 5) is 0. The number of benzene rings is 1. The Morgan fingerprint density at radius 2 is 2.20 bits per heavy atom. The molecule has 1 unspecified atom stereocenters. The molecule has 1 aromatic rings. The van der Waals surface area contributed by atoms with E-state index in [-0.39, 0.29) is 0 Å². The molecule has 1 fully saturated rings.